The molecule has 9 heteroatoms. The highest BCUT2D eigenvalue weighted by Gasteiger charge is 2.19. The predicted octanol–water partition coefficient (Wildman–Crippen LogP) is 1.94. The minimum atomic E-state index is -4.34. The summed E-state index contributed by atoms with van der Waals surface area (Å²) in [6.45, 7) is 1.75. The Labute approximate surface area is 161 Å². The van der Waals surface area contributed by atoms with Crippen molar-refractivity contribution in [3.63, 3.8) is 0 Å². The maximum Gasteiger partial charge on any atom is 0.342 e. The number of sulfonamides is 1. The van der Waals surface area contributed by atoms with Crippen LogP contribution in [-0.2, 0) is 19.6 Å². The molecule has 0 N–H and O–H groups in total. The number of aryl methyl sites for hydroxylation is 1. The summed E-state index contributed by atoms with van der Waals surface area (Å²) in [5.74, 6) is -2.28. The molecular weight excluding hydrogens is 384 g/mol. The molecule has 1 heterocycles. The lowest BCUT2D eigenvalue weighted by Crippen LogP contribution is -2.30. The first-order valence-corrected chi connectivity index (χ1v) is 9.50. The van der Waals surface area contributed by atoms with Crippen molar-refractivity contribution < 1.29 is 27.6 Å². The molecule has 0 bridgehead atoms. The maximum absolute atomic E-state index is 12.2. The second-order valence-electron chi connectivity index (χ2n) is 5.72. The first-order valence-electron chi connectivity index (χ1n) is 8.06. The molecule has 2 aromatic carbocycles. The third kappa shape index (κ3) is 3.79. The van der Waals surface area contributed by atoms with Crippen molar-refractivity contribution >= 4 is 21.9 Å². The Morgan fingerprint density at radius 1 is 1.07 bits per heavy atom. The van der Waals surface area contributed by atoms with Crippen LogP contribution in [0.2, 0.25) is 0 Å². The van der Waals surface area contributed by atoms with Gasteiger partial charge in [0, 0.05) is 5.56 Å². The minimum Gasteiger partial charge on any atom is -0.853 e. The second-order valence-corrected chi connectivity index (χ2v) is 7.32. The SMILES string of the molecule is COC(=O)/C([O-])=N/S(=O)(=O)c1ccc(-c2c(-c3ccccc3)noc2C)cc1. The molecule has 28 heavy (non-hydrogen) atoms. The van der Waals surface area contributed by atoms with Gasteiger partial charge in [0.05, 0.1) is 23.5 Å². The van der Waals surface area contributed by atoms with Gasteiger partial charge >= 0.3 is 5.97 Å². The molecule has 0 saturated carbocycles. The van der Waals surface area contributed by atoms with Gasteiger partial charge in [-0.1, -0.05) is 47.6 Å². The van der Waals surface area contributed by atoms with Crippen molar-refractivity contribution in [2.45, 2.75) is 11.8 Å². The van der Waals surface area contributed by atoms with Gasteiger partial charge in [0.15, 0.2) is 0 Å². The van der Waals surface area contributed by atoms with Crippen molar-refractivity contribution in [3.05, 3.63) is 60.4 Å². The number of carbonyl (C=O) groups excluding carboxylic acids is 1. The molecule has 144 valence electrons. The van der Waals surface area contributed by atoms with Crippen LogP contribution in [0, 0.1) is 6.92 Å². The van der Waals surface area contributed by atoms with Gasteiger partial charge in [0.2, 0.25) is 0 Å². The lowest BCUT2D eigenvalue weighted by Gasteiger charge is -2.08. The summed E-state index contributed by atoms with van der Waals surface area (Å²) < 4.78 is 36.8. The first-order chi connectivity index (χ1) is 13.3. The Balaban J connectivity index is 1.99. The van der Waals surface area contributed by atoms with E-state index in [9.17, 15) is 18.3 Å². The average Bonchev–Trinajstić information content (AvgIpc) is 3.09. The monoisotopic (exact) mass is 399 g/mol. The zero-order valence-electron chi connectivity index (χ0n) is 14.9. The zero-order chi connectivity index (χ0) is 20.3. The fourth-order valence-corrected chi connectivity index (χ4v) is 3.46. The topological polar surface area (TPSA) is 122 Å². The fourth-order valence-electron chi connectivity index (χ4n) is 2.59. The van der Waals surface area contributed by atoms with Gasteiger partial charge in [0.25, 0.3) is 10.0 Å². The lowest BCUT2D eigenvalue weighted by molar-refractivity contribution is -0.222. The van der Waals surface area contributed by atoms with Gasteiger partial charge in [-0.3, -0.25) is 0 Å². The summed E-state index contributed by atoms with van der Waals surface area (Å²) in [5, 5.41) is 15.5. The molecule has 0 aliphatic rings. The van der Waals surface area contributed by atoms with Gasteiger partial charge in [-0.15, -0.1) is 0 Å². The Bertz CT molecular complexity index is 1130. The molecule has 8 nitrogen and oxygen atoms in total. The van der Waals surface area contributed by atoms with Crippen molar-refractivity contribution in [2.75, 3.05) is 7.11 Å². The highest BCUT2D eigenvalue weighted by molar-refractivity contribution is 7.90. The fraction of sp³-hybridized carbons (Fsp3) is 0.105. The molecule has 0 fully saturated rings. The Morgan fingerprint density at radius 3 is 2.32 bits per heavy atom. The van der Waals surface area contributed by atoms with Gasteiger partial charge in [-0.25, -0.2) is 4.79 Å². The van der Waals surface area contributed by atoms with E-state index in [0.717, 1.165) is 18.2 Å². The Morgan fingerprint density at radius 2 is 1.71 bits per heavy atom. The van der Waals surface area contributed by atoms with Crippen molar-refractivity contribution in [1.29, 1.82) is 0 Å². The van der Waals surface area contributed by atoms with Gasteiger partial charge in [-0.05, 0) is 24.6 Å². The molecule has 3 aromatic rings. The van der Waals surface area contributed by atoms with Crippen LogP contribution in [0.15, 0.2) is 68.4 Å². The molecular formula is C19H15N2O6S-. The molecule has 0 radical (unpaired) electrons. The van der Waals surface area contributed by atoms with E-state index in [0.29, 0.717) is 17.0 Å². The molecule has 0 aliphatic carbocycles. The smallest absolute Gasteiger partial charge is 0.342 e. The Hall–Kier alpha value is -3.46. The molecule has 0 saturated heterocycles. The van der Waals surface area contributed by atoms with Crippen molar-refractivity contribution in [2.24, 2.45) is 4.40 Å². The number of ether oxygens (including phenoxy) is 1. The van der Waals surface area contributed by atoms with E-state index in [1.165, 1.54) is 12.1 Å². The van der Waals surface area contributed by atoms with Crippen molar-refractivity contribution in [1.82, 2.24) is 5.16 Å². The summed E-state index contributed by atoms with van der Waals surface area (Å²) >= 11 is 0. The lowest BCUT2D eigenvalue weighted by atomic mass is 10.00. The zero-order valence-corrected chi connectivity index (χ0v) is 15.8. The number of hydrogen-bond acceptors (Lipinski definition) is 7. The van der Waals surface area contributed by atoms with Crippen LogP contribution >= 0.6 is 0 Å². The van der Waals surface area contributed by atoms with Gasteiger partial charge < -0.3 is 14.4 Å². The number of rotatable bonds is 4. The van der Waals surface area contributed by atoms with E-state index in [1.807, 2.05) is 30.3 Å². The van der Waals surface area contributed by atoms with Crippen LogP contribution in [0.4, 0.5) is 0 Å². The maximum atomic E-state index is 12.2. The van der Waals surface area contributed by atoms with Crippen LogP contribution < -0.4 is 5.11 Å². The van der Waals surface area contributed by atoms with Gasteiger partial charge in [0.1, 0.15) is 11.5 Å². The van der Waals surface area contributed by atoms with E-state index in [4.69, 9.17) is 4.52 Å². The second kappa shape index (κ2) is 7.65. The summed E-state index contributed by atoms with van der Waals surface area (Å²) in [4.78, 5) is 10.9. The number of hydrogen-bond donors (Lipinski definition) is 0. The van der Waals surface area contributed by atoms with Crippen LogP contribution in [0.3, 0.4) is 0 Å². The number of benzene rings is 2. The van der Waals surface area contributed by atoms with Gasteiger partial charge in [-0.2, -0.15) is 12.8 Å². The van der Waals surface area contributed by atoms with Crippen LogP contribution in [0.1, 0.15) is 5.76 Å². The summed E-state index contributed by atoms with van der Waals surface area (Å²) in [6.07, 6.45) is 0. The molecule has 0 spiro atoms. The highest BCUT2D eigenvalue weighted by Crippen LogP contribution is 2.34. The number of carbonyl (C=O) groups is 1. The summed E-state index contributed by atoms with van der Waals surface area (Å²) in [7, 11) is -3.38. The quantitative estimate of drug-likeness (QED) is 0.373. The standard InChI is InChI=1S/C19H16N2O6S/c1-12-16(17(20-27-12)14-6-4-3-5-7-14)13-8-10-15(11-9-13)28(24,25)21-18(22)19(23)26-2/h3-11H,1-2H3,(H,21,22)/p-1. The average molecular weight is 399 g/mol. The number of methoxy groups -OCH3 is 1. The Kier molecular flexibility index (Phi) is 5.27. The predicted molar refractivity (Wildman–Crippen MR) is 98.7 cm³/mol. The molecule has 0 aliphatic heterocycles. The number of esters is 1. The van der Waals surface area contributed by atoms with E-state index < -0.39 is 21.9 Å². The third-order valence-electron chi connectivity index (χ3n) is 3.91. The molecule has 0 unspecified atom stereocenters. The molecule has 0 atom stereocenters. The summed E-state index contributed by atoms with van der Waals surface area (Å²) in [6, 6.07) is 15.1. The first kappa shape index (κ1) is 19.3. The number of nitrogens with zero attached hydrogens (tertiary/aromatic N) is 2. The normalized spacial score (nSPS) is 12.0. The third-order valence-corrected chi connectivity index (χ3v) is 5.19. The molecule has 3 rings (SSSR count). The van der Waals surface area contributed by atoms with Crippen molar-refractivity contribution in [3.8, 4) is 22.4 Å². The van der Waals surface area contributed by atoms with Crippen LogP contribution in [-0.4, -0.2) is 32.6 Å². The van der Waals surface area contributed by atoms with E-state index >= 15 is 0 Å². The summed E-state index contributed by atoms with van der Waals surface area (Å²) in [5.41, 5.74) is 2.87. The molecule has 1 aromatic heterocycles. The van der Waals surface area contributed by atoms with E-state index in [1.54, 1.807) is 19.1 Å². The largest absolute Gasteiger partial charge is 0.853 e. The van der Waals surface area contributed by atoms with Crippen LogP contribution in [0.25, 0.3) is 22.4 Å². The highest BCUT2D eigenvalue weighted by atomic mass is 32.2. The van der Waals surface area contributed by atoms with E-state index in [-0.39, 0.29) is 4.90 Å². The molecule has 0 amide bonds. The minimum absolute atomic E-state index is 0.233. The van der Waals surface area contributed by atoms with Crippen LogP contribution in [0.5, 0.6) is 0 Å². The number of aromatic nitrogens is 1. The van der Waals surface area contributed by atoms with E-state index in [2.05, 4.69) is 14.3 Å².